The van der Waals surface area contributed by atoms with Crippen molar-refractivity contribution in [2.75, 3.05) is 13.7 Å². The summed E-state index contributed by atoms with van der Waals surface area (Å²) < 4.78 is 5.58. The molecular formula is C15H24N2OS. The van der Waals surface area contributed by atoms with Crippen molar-refractivity contribution < 1.29 is 4.74 Å². The van der Waals surface area contributed by atoms with Crippen molar-refractivity contribution in [2.24, 2.45) is 0 Å². The van der Waals surface area contributed by atoms with Crippen molar-refractivity contribution in [3.63, 3.8) is 0 Å². The van der Waals surface area contributed by atoms with Crippen LogP contribution < -0.4 is 5.32 Å². The molecule has 1 unspecified atom stereocenters. The van der Waals surface area contributed by atoms with Gasteiger partial charge in [0.2, 0.25) is 0 Å². The van der Waals surface area contributed by atoms with Crippen LogP contribution >= 0.6 is 11.3 Å². The molecule has 1 aromatic heterocycles. The summed E-state index contributed by atoms with van der Waals surface area (Å²) in [5.74, 6) is 0.613. The summed E-state index contributed by atoms with van der Waals surface area (Å²) in [6, 6.07) is 0.791. The summed E-state index contributed by atoms with van der Waals surface area (Å²) >= 11 is 1.86. The topological polar surface area (TPSA) is 34.1 Å². The van der Waals surface area contributed by atoms with Gasteiger partial charge in [0.05, 0.1) is 5.69 Å². The zero-order valence-corrected chi connectivity index (χ0v) is 13.0. The minimum absolute atomic E-state index is 0.253. The molecule has 2 aliphatic rings. The molecule has 106 valence electrons. The highest BCUT2D eigenvalue weighted by molar-refractivity contribution is 7.11. The number of nitrogens with one attached hydrogen (secondary N) is 1. The van der Waals surface area contributed by atoms with Crippen molar-refractivity contribution in [1.29, 1.82) is 0 Å². The van der Waals surface area contributed by atoms with Crippen LogP contribution in [0.1, 0.15) is 61.0 Å². The first-order valence-electron chi connectivity index (χ1n) is 7.39. The van der Waals surface area contributed by atoms with Crippen LogP contribution in [0.25, 0.3) is 0 Å². The van der Waals surface area contributed by atoms with Crippen molar-refractivity contribution in [2.45, 2.75) is 63.5 Å². The van der Waals surface area contributed by atoms with Gasteiger partial charge in [-0.25, -0.2) is 4.98 Å². The Morgan fingerprint density at radius 1 is 1.37 bits per heavy atom. The highest BCUT2D eigenvalue weighted by Gasteiger charge is 2.31. The molecule has 19 heavy (non-hydrogen) atoms. The predicted molar refractivity (Wildman–Crippen MR) is 78.9 cm³/mol. The molecule has 1 saturated carbocycles. The van der Waals surface area contributed by atoms with Gasteiger partial charge < -0.3 is 10.1 Å². The van der Waals surface area contributed by atoms with E-state index in [1.54, 1.807) is 7.11 Å². The van der Waals surface area contributed by atoms with E-state index in [0.717, 1.165) is 17.6 Å². The third-order valence-electron chi connectivity index (χ3n) is 4.33. The molecule has 1 heterocycles. The minimum Gasteiger partial charge on any atom is -0.372 e. The molecule has 1 N–H and O–H groups in total. The average molecular weight is 280 g/mol. The fourth-order valence-electron chi connectivity index (χ4n) is 2.65. The molecule has 3 nitrogen and oxygen atoms in total. The number of nitrogens with zero attached hydrogens (tertiary/aromatic N) is 1. The molecule has 1 atom stereocenters. The van der Waals surface area contributed by atoms with E-state index < -0.39 is 0 Å². The van der Waals surface area contributed by atoms with E-state index in [2.05, 4.69) is 19.2 Å². The Balaban J connectivity index is 1.78. The summed E-state index contributed by atoms with van der Waals surface area (Å²) in [6.07, 6.45) is 6.51. The third kappa shape index (κ3) is 2.86. The van der Waals surface area contributed by atoms with Gasteiger partial charge in [0.25, 0.3) is 0 Å². The number of aryl methyl sites for hydroxylation is 1. The van der Waals surface area contributed by atoms with E-state index in [0.29, 0.717) is 5.92 Å². The lowest BCUT2D eigenvalue weighted by atomic mass is 9.91. The molecule has 0 amide bonds. The predicted octanol–water partition coefficient (Wildman–Crippen LogP) is 3.20. The number of hydrogen-bond acceptors (Lipinski definition) is 4. The van der Waals surface area contributed by atoms with E-state index in [9.17, 15) is 0 Å². The molecule has 0 spiro atoms. The quantitative estimate of drug-likeness (QED) is 0.899. The lowest BCUT2D eigenvalue weighted by Crippen LogP contribution is -2.26. The number of hydrogen-bond donors (Lipinski definition) is 1. The Labute approximate surface area is 119 Å². The van der Waals surface area contributed by atoms with Crippen LogP contribution in [-0.4, -0.2) is 24.7 Å². The first-order chi connectivity index (χ1) is 9.10. The maximum atomic E-state index is 5.58. The number of aromatic nitrogens is 1. The normalized spacial score (nSPS) is 23.4. The fraction of sp³-hybridized carbons (Fsp3) is 0.800. The van der Waals surface area contributed by atoms with Gasteiger partial charge >= 0.3 is 0 Å². The van der Waals surface area contributed by atoms with Gasteiger partial charge in [0.15, 0.2) is 0 Å². The van der Waals surface area contributed by atoms with Crippen LogP contribution in [0.3, 0.4) is 0 Å². The molecule has 0 radical (unpaired) electrons. The first kappa shape index (κ1) is 13.5. The largest absolute Gasteiger partial charge is 0.372 e. The Bertz CT molecular complexity index is 451. The van der Waals surface area contributed by atoms with Crippen molar-refractivity contribution in [1.82, 2.24) is 10.3 Å². The number of fused-ring (bicyclic) bond motifs is 1. The molecule has 4 heteroatoms. The van der Waals surface area contributed by atoms with Crippen LogP contribution in [0.4, 0.5) is 0 Å². The Morgan fingerprint density at radius 3 is 2.84 bits per heavy atom. The Kier molecular flexibility index (Phi) is 3.67. The molecule has 0 saturated heterocycles. The highest BCUT2D eigenvalue weighted by atomic mass is 32.1. The average Bonchev–Trinajstić information content (AvgIpc) is 3.12. The van der Waals surface area contributed by atoms with E-state index >= 15 is 0 Å². The smallest absolute Gasteiger partial charge is 0.125 e. The molecular weight excluding hydrogens is 256 g/mol. The number of methoxy groups -OCH3 is 1. The third-order valence-corrected chi connectivity index (χ3v) is 5.76. The summed E-state index contributed by atoms with van der Waals surface area (Å²) in [4.78, 5) is 6.42. The SMILES string of the molecule is COC(C)(C)c1nc2c(s1)CCCC2CNC1CC1. The molecule has 2 aliphatic carbocycles. The van der Waals surface area contributed by atoms with E-state index in [1.807, 2.05) is 11.3 Å². The minimum atomic E-state index is -0.253. The molecule has 1 aromatic rings. The van der Waals surface area contributed by atoms with Gasteiger partial charge in [-0.3, -0.25) is 0 Å². The molecule has 0 aromatic carbocycles. The first-order valence-corrected chi connectivity index (χ1v) is 8.20. The van der Waals surface area contributed by atoms with Gasteiger partial charge in [-0.1, -0.05) is 0 Å². The standard InChI is InChI=1S/C15H24N2OS/c1-15(2,18-3)14-17-13-10(9-16-11-7-8-11)5-4-6-12(13)19-14/h10-11,16H,4-9H2,1-3H3. The van der Waals surface area contributed by atoms with Crippen molar-refractivity contribution in [3.05, 3.63) is 15.6 Å². The van der Waals surface area contributed by atoms with Gasteiger partial charge in [-0.15, -0.1) is 11.3 Å². The van der Waals surface area contributed by atoms with Gasteiger partial charge in [0.1, 0.15) is 10.6 Å². The fourth-order valence-corrected chi connectivity index (χ4v) is 3.92. The van der Waals surface area contributed by atoms with Crippen molar-refractivity contribution >= 4 is 11.3 Å². The zero-order chi connectivity index (χ0) is 13.5. The number of thiazole rings is 1. The van der Waals surface area contributed by atoms with Crippen LogP contribution in [0.15, 0.2) is 0 Å². The molecule has 3 rings (SSSR count). The van der Waals surface area contributed by atoms with Crippen LogP contribution in [-0.2, 0) is 16.8 Å². The summed E-state index contributed by atoms with van der Waals surface area (Å²) in [6.45, 7) is 5.32. The molecule has 1 fully saturated rings. The van der Waals surface area contributed by atoms with E-state index in [4.69, 9.17) is 9.72 Å². The maximum absolute atomic E-state index is 5.58. The Morgan fingerprint density at radius 2 is 2.16 bits per heavy atom. The Hall–Kier alpha value is -0.450. The van der Waals surface area contributed by atoms with Gasteiger partial charge in [0, 0.05) is 30.5 Å². The summed E-state index contributed by atoms with van der Waals surface area (Å²) in [7, 11) is 1.77. The lowest BCUT2D eigenvalue weighted by Gasteiger charge is -2.21. The maximum Gasteiger partial charge on any atom is 0.125 e. The molecule has 0 aliphatic heterocycles. The number of rotatable bonds is 5. The number of ether oxygens (including phenoxy) is 1. The van der Waals surface area contributed by atoms with Crippen molar-refractivity contribution in [3.8, 4) is 0 Å². The van der Waals surface area contributed by atoms with Crippen LogP contribution in [0.2, 0.25) is 0 Å². The highest BCUT2D eigenvalue weighted by Crippen LogP contribution is 2.38. The van der Waals surface area contributed by atoms with E-state index in [-0.39, 0.29) is 5.60 Å². The molecule has 0 bridgehead atoms. The second-order valence-electron chi connectivity index (χ2n) is 6.31. The van der Waals surface area contributed by atoms with E-state index in [1.165, 1.54) is 42.7 Å². The van der Waals surface area contributed by atoms with Gasteiger partial charge in [-0.05, 0) is 46.0 Å². The van der Waals surface area contributed by atoms with Crippen LogP contribution in [0, 0.1) is 0 Å². The van der Waals surface area contributed by atoms with Gasteiger partial charge in [-0.2, -0.15) is 0 Å². The van der Waals surface area contributed by atoms with Crippen LogP contribution in [0.5, 0.6) is 0 Å². The summed E-state index contributed by atoms with van der Waals surface area (Å²) in [5.41, 5.74) is 1.10. The lowest BCUT2D eigenvalue weighted by molar-refractivity contribution is 0.0189. The monoisotopic (exact) mass is 280 g/mol. The summed E-state index contributed by atoms with van der Waals surface area (Å²) in [5, 5.41) is 4.80. The second kappa shape index (κ2) is 5.15. The zero-order valence-electron chi connectivity index (χ0n) is 12.2. The second-order valence-corrected chi connectivity index (χ2v) is 7.40.